The Labute approximate surface area is 146 Å². The van der Waals surface area contributed by atoms with Gasteiger partial charge in [-0.1, -0.05) is 25.0 Å². The molecule has 132 valence electrons. The number of carbonyl (C=O) groups is 3. The summed E-state index contributed by atoms with van der Waals surface area (Å²) in [7, 11) is 0. The summed E-state index contributed by atoms with van der Waals surface area (Å²) in [4.78, 5) is 36.9. The summed E-state index contributed by atoms with van der Waals surface area (Å²) in [5, 5.41) is 9.49. The molecule has 0 radical (unpaired) electrons. The molecular formula is C19H22N2O4. The van der Waals surface area contributed by atoms with Crippen LogP contribution in [0.3, 0.4) is 0 Å². The van der Waals surface area contributed by atoms with Gasteiger partial charge < -0.3 is 15.7 Å². The first-order chi connectivity index (χ1) is 12.0. The van der Waals surface area contributed by atoms with Crippen molar-refractivity contribution in [3.63, 3.8) is 0 Å². The summed E-state index contributed by atoms with van der Waals surface area (Å²) in [6.45, 7) is 0. The van der Waals surface area contributed by atoms with Gasteiger partial charge in [0, 0.05) is 17.7 Å². The zero-order valence-corrected chi connectivity index (χ0v) is 13.9. The number of rotatable bonds is 4. The van der Waals surface area contributed by atoms with E-state index in [0.29, 0.717) is 17.9 Å². The van der Waals surface area contributed by atoms with Crippen molar-refractivity contribution in [1.82, 2.24) is 4.90 Å². The molecule has 0 spiro atoms. The summed E-state index contributed by atoms with van der Waals surface area (Å²) in [5.41, 5.74) is 6.36. The zero-order valence-electron chi connectivity index (χ0n) is 13.9. The molecule has 2 aliphatic rings. The quantitative estimate of drug-likeness (QED) is 0.818. The molecule has 1 saturated carbocycles. The number of hydrogen-bond donors (Lipinski definition) is 2. The molecule has 1 saturated heterocycles. The lowest BCUT2D eigenvalue weighted by atomic mass is 9.85. The van der Waals surface area contributed by atoms with E-state index in [-0.39, 0.29) is 11.9 Å². The first-order valence-corrected chi connectivity index (χ1v) is 8.60. The Hall–Kier alpha value is -2.63. The molecule has 1 aromatic rings. The minimum Gasteiger partial charge on any atom is -0.480 e. The van der Waals surface area contributed by atoms with Crippen molar-refractivity contribution < 1.29 is 19.5 Å². The van der Waals surface area contributed by atoms with Gasteiger partial charge in [0.25, 0.3) is 0 Å². The number of nitrogens with zero attached hydrogens (tertiary/aromatic N) is 1. The highest BCUT2D eigenvalue weighted by atomic mass is 16.4. The Morgan fingerprint density at radius 1 is 1.12 bits per heavy atom. The van der Waals surface area contributed by atoms with Crippen molar-refractivity contribution >= 4 is 23.9 Å². The third-order valence-electron chi connectivity index (χ3n) is 5.24. The van der Waals surface area contributed by atoms with Gasteiger partial charge in [-0.3, -0.25) is 9.59 Å². The summed E-state index contributed by atoms with van der Waals surface area (Å²) in [5.74, 6) is -1.40. The maximum absolute atomic E-state index is 12.7. The Morgan fingerprint density at radius 3 is 2.44 bits per heavy atom. The van der Waals surface area contributed by atoms with Gasteiger partial charge in [-0.05, 0) is 49.0 Å². The van der Waals surface area contributed by atoms with Crippen LogP contribution < -0.4 is 5.73 Å². The number of aliphatic carboxylic acids is 1. The Bertz CT molecular complexity index is 711. The van der Waals surface area contributed by atoms with Gasteiger partial charge in [-0.15, -0.1) is 0 Å². The topological polar surface area (TPSA) is 101 Å². The fourth-order valence-corrected chi connectivity index (χ4v) is 4.01. The molecule has 2 fully saturated rings. The fraction of sp³-hybridized carbons (Fsp3) is 0.421. The van der Waals surface area contributed by atoms with Crippen LogP contribution in [0.4, 0.5) is 0 Å². The molecule has 1 aromatic carbocycles. The lowest BCUT2D eigenvalue weighted by Crippen LogP contribution is -2.45. The number of benzene rings is 1. The molecule has 3 atom stereocenters. The maximum Gasteiger partial charge on any atom is 0.326 e. The van der Waals surface area contributed by atoms with Crippen molar-refractivity contribution in [2.24, 2.45) is 11.7 Å². The van der Waals surface area contributed by atoms with Crippen LogP contribution in [-0.2, 0) is 9.59 Å². The summed E-state index contributed by atoms with van der Waals surface area (Å²) >= 11 is 0. The van der Waals surface area contributed by atoms with E-state index in [9.17, 15) is 19.5 Å². The minimum atomic E-state index is -0.929. The molecule has 25 heavy (non-hydrogen) atoms. The second-order valence-corrected chi connectivity index (χ2v) is 6.77. The highest BCUT2D eigenvalue weighted by Gasteiger charge is 2.46. The largest absolute Gasteiger partial charge is 0.480 e. The molecule has 0 aromatic heterocycles. The number of primary amides is 1. The predicted octanol–water partition coefficient (Wildman–Crippen LogP) is 2.04. The van der Waals surface area contributed by atoms with E-state index < -0.39 is 17.9 Å². The van der Waals surface area contributed by atoms with Crippen LogP contribution in [0.2, 0.25) is 0 Å². The number of likely N-dealkylation sites (tertiary alicyclic amines) is 1. The molecule has 3 N–H and O–H groups in total. The smallest absolute Gasteiger partial charge is 0.326 e. The zero-order chi connectivity index (χ0) is 18.0. The molecule has 3 unspecified atom stereocenters. The second-order valence-electron chi connectivity index (χ2n) is 6.77. The van der Waals surface area contributed by atoms with Gasteiger partial charge in [-0.25, -0.2) is 4.79 Å². The number of hydrogen-bond acceptors (Lipinski definition) is 3. The number of fused-ring (bicyclic) bond motifs is 1. The van der Waals surface area contributed by atoms with E-state index in [4.69, 9.17) is 5.73 Å². The average molecular weight is 342 g/mol. The first-order valence-electron chi connectivity index (χ1n) is 8.60. The molecule has 0 bridgehead atoms. The Morgan fingerprint density at radius 2 is 1.80 bits per heavy atom. The number of nitrogens with two attached hydrogens (primary N) is 1. The average Bonchev–Trinajstić information content (AvgIpc) is 3.00. The molecule has 2 amide bonds. The standard InChI is InChI=1S/C19H22N2O4/c20-18(23)13-8-5-12(6-9-13)7-10-17(22)21-15-4-2-1-3-14(15)11-16(21)19(24)25/h5-10,14-16H,1-4,11H2,(H2,20,23)(H,24,25)/b10-7-. The first kappa shape index (κ1) is 17.2. The lowest BCUT2D eigenvalue weighted by Gasteiger charge is -2.32. The van der Waals surface area contributed by atoms with Crippen LogP contribution in [0, 0.1) is 5.92 Å². The number of amides is 2. The minimum absolute atomic E-state index is 0.0317. The summed E-state index contributed by atoms with van der Waals surface area (Å²) in [6, 6.07) is 5.89. The monoisotopic (exact) mass is 342 g/mol. The van der Waals surface area contributed by atoms with Crippen molar-refractivity contribution in [3.05, 3.63) is 41.5 Å². The SMILES string of the molecule is NC(=O)c1ccc(/C=C\C(=O)N2C(C(=O)O)CC3CCCCC32)cc1. The van der Waals surface area contributed by atoms with Gasteiger partial charge in [0.2, 0.25) is 11.8 Å². The highest BCUT2D eigenvalue weighted by molar-refractivity contribution is 5.96. The van der Waals surface area contributed by atoms with Crippen LogP contribution in [-0.4, -0.2) is 39.9 Å². The van der Waals surface area contributed by atoms with E-state index >= 15 is 0 Å². The van der Waals surface area contributed by atoms with E-state index in [1.807, 2.05) is 0 Å². The Balaban J connectivity index is 1.75. The van der Waals surface area contributed by atoms with Crippen molar-refractivity contribution in [2.45, 2.75) is 44.2 Å². The summed E-state index contributed by atoms with van der Waals surface area (Å²) < 4.78 is 0. The third-order valence-corrected chi connectivity index (χ3v) is 5.24. The molecule has 1 aliphatic heterocycles. The van der Waals surface area contributed by atoms with Gasteiger partial charge in [-0.2, -0.15) is 0 Å². The van der Waals surface area contributed by atoms with Gasteiger partial charge in [0.1, 0.15) is 6.04 Å². The Kier molecular flexibility index (Phi) is 4.88. The fourth-order valence-electron chi connectivity index (χ4n) is 4.01. The third kappa shape index (κ3) is 3.57. The van der Waals surface area contributed by atoms with Crippen LogP contribution in [0.5, 0.6) is 0 Å². The molecule has 1 heterocycles. The van der Waals surface area contributed by atoms with E-state index in [2.05, 4.69) is 0 Å². The van der Waals surface area contributed by atoms with Crippen LogP contribution >= 0.6 is 0 Å². The molecule has 3 rings (SSSR count). The number of carboxylic acid groups (broad SMARTS) is 1. The number of carbonyl (C=O) groups excluding carboxylic acids is 2. The predicted molar refractivity (Wildman–Crippen MR) is 92.6 cm³/mol. The van der Waals surface area contributed by atoms with Crippen molar-refractivity contribution in [1.29, 1.82) is 0 Å². The van der Waals surface area contributed by atoms with E-state index in [1.165, 1.54) is 6.08 Å². The second kappa shape index (κ2) is 7.09. The van der Waals surface area contributed by atoms with E-state index in [0.717, 1.165) is 31.2 Å². The van der Waals surface area contributed by atoms with Gasteiger partial charge in [0.05, 0.1) is 0 Å². The van der Waals surface area contributed by atoms with E-state index in [1.54, 1.807) is 35.2 Å². The highest BCUT2D eigenvalue weighted by Crippen LogP contribution is 2.39. The summed E-state index contributed by atoms with van der Waals surface area (Å²) in [6.07, 6.45) is 7.63. The lowest BCUT2D eigenvalue weighted by molar-refractivity contribution is -0.147. The normalized spacial score (nSPS) is 25.8. The molecular weight excluding hydrogens is 320 g/mol. The van der Waals surface area contributed by atoms with Gasteiger partial charge >= 0.3 is 5.97 Å². The van der Waals surface area contributed by atoms with Crippen molar-refractivity contribution in [3.8, 4) is 0 Å². The number of carboxylic acids is 1. The molecule has 1 aliphatic carbocycles. The molecule has 6 heteroatoms. The molecule has 6 nitrogen and oxygen atoms in total. The van der Waals surface area contributed by atoms with Gasteiger partial charge in [0.15, 0.2) is 0 Å². The van der Waals surface area contributed by atoms with Crippen molar-refractivity contribution in [2.75, 3.05) is 0 Å². The maximum atomic E-state index is 12.7. The van der Waals surface area contributed by atoms with Crippen LogP contribution in [0.25, 0.3) is 6.08 Å². The van der Waals surface area contributed by atoms with Crippen LogP contribution in [0.1, 0.15) is 48.0 Å². The van der Waals surface area contributed by atoms with Crippen LogP contribution in [0.15, 0.2) is 30.3 Å².